The van der Waals surface area contributed by atoms with Crippen LogP contribution >= 0.6 is 0 Å². The van der Waals surface area contributed by atoms with Crippen LogP contribution in [-0.4, -0.2) is 72.5 Å². The first-order valence-electron chi connectivity index (χ1n) is 7.25. The number of nitrogens with one attached hydrogen (secondary N) is 1. The highest BCUT2D eigenvalue weighted by atomic mass is 16.4. The summed E-state index contributed by atoms with van der Waals surface area (Å²) in [5.74, 6) is -1.18. The average Bonchev–Trinajstić information content (AvgIpc) is 2.79. The SMILES string of the molecule is CCCNC(=O)CN(C)C(=O)CN1CCC(C)(C(=O)O)C1. The first kappa shape index (κ1) is 17.4. The van der Waals surface area contributed by atoms with Gasteiger partial charge in [-0.3, -0.25) is 19.3 Å². The number of carbonyl (C=O) groups is 3. The molecule has 1 saturated heterocycles. The van der Waals surface area contributed by atoms with Gasteiger partial charge in [0.2, 0.25) is 11.8 Å². The van der Waals surface area contributed by atoms with Crippen molar-refractivity contribution in [2.45, 2.75) is 26.7 Å². The molecule has 2 amide bonds. The lowest BCUT2D eigenvalue weighted by atomic mass is 9.90. The maximum Gasteiger partial charge on any atom is 0.310 e. The summed E-state index contributed by atoms with van der Waals surface area (Å²) in [6.07, 6.45) is 1.39. The number of hydrogen-bond acceptors (Lipinski definition) is 4. The second-order valence-electron chi connectivity index (χ2n) is 5.93. The predicted molar refractivity (Wildman–Crippen MR) is 77.7 cm³/mol. The van der Waals surface area contributed by atoms with Crippen molar-refractivity contribution in [2.75, 3.05) is 39.8 Å². The van der Waals surface area contributed by atoms with Gasteiger partial charge in [-0.1, -0.05) is 6.92 Å². The van der Waals surface area contributed by atoms with E-state index in [0.29, 0.717) is 26.1 Å². The van der Waals surface area contributed by atoms with Crippen LogP contribution in [-0.2, 0) is 14.4 Å². The van der Waals surface area contributed by atoms with Crippen LogP contribution < -0.4 is 5.32 Å². The minimum Gasteiger partial charge on any atom is -0.481 e. The van der Waals surface area contributed by atoms with E-state index in [0.717, 1.165) is 6.42 Å². The second kappa shape index (κ2) is 7.40. The Labute approximate surface area is 125 Å². The van der Waals surface area contributed by atoms with Crippen LogP contribution in [0.2, 0.25) is 0 Å². The van der Waals surface area contributed by atoms with E-state index >= 15 is 0 Å². The topological polar surface area (TPSA) is 90.0 Å². The van der Waals surface area contributed by atoms with Crippen LogP contribution in [0, 0.1) is 5.41 Å². The molecule has 1 fully saturated rings. The fourth-order valence-corrected chi connectivity index (χ4v) is 2.30. The highest BCUT2D eigenvalue weighted by Gasteiger charge is 2.40. The van der Waals surface area contributed by atoms with E-state index in [-0.39, 0.29) is 24.9 Å². The van der Waals surface area contributed by atoms with E-state index in [1.807, 2.05) is 11.8 Å². The van der Waals surface area contributed by atoms with Gasteiger partial charge < -0.3 is 15.3 Å². The van der Waals surface area contributed by atoms with Gasteiger partial charge in [-0.25, -0.2) is 0 Å². The van der Waals surface area contributed by atoms with E-state index in [2.05, 4.69) is 5.32 Å². The van der Waals surface area contributed by atoms with Crippen molar-refractivity contribution in [3.63, 3.8) is 0 Å². The lowest BCUT2D eigenvalue weighted by Gasteiger charge is -2.22. The summed E-state index contributed by atoms with van der Waals surface area (Å²) < 4.78 is 0. The third-order valence-electron chi connectivity index (χ3n) is 3.81. The number of amides is 2. The van der Waals surface area contributed by atoms with E-state index < -0.39 is 11.4 Å². The quantitative estimate of drug-likeness (QED) is 0.677. The molecule has 1 atom stereocenters. The number of aliphatic carboxylic acids is 1. The number of carboxylic acids is 1. The van der Waals surface area contributed by atoms with Gasteiger partial charge in [0.25, 0.3) is 0 Å². The molecule has 1 heterocycles. The number of likely N-dealkylation sites (tertiary alicyclic amines) is 1. The second-order valence-corrected chi connectivity index (χ2v) is 5.93. The molecule has 0 aromatic heterocycles. The van der Waals surface area contributed by atoms with Crippen LogP contribution in [0.15, 0.2) is 0 Å². The third kappa shape index (κ3) is 5.00. The van der Waals surface area contributed by atoms with Crippen molar-refractivity contribution < 1.29 is 19.5 Å². The summed E-state index contributed by atoms with van der Waals surface area (Å²) in [5, 5.41) is 11.9. The molecule has 0 saturated carbocycles. The number of hydrogen-bond donors (Lipinski definition) is 2. The van der Waals surface area contributed by atoms with Gasteiger partial charge in [0.15, 0.2) is 0 Å². The smallest absolute Gasteiger partial charge is 0.310 e. The Morgan fingerprint density at radius 3 is 2.57 bits per heavy atom. The van der Waals surface area contributed by atoms with E-state index in [1.165, 1.54) is 4.90 Å². The fourth-order valence-electron chi connectivity index (χ4n) is 2.30. The highest BCUT2D eigenvalue weighted by Crippen LogP contribution is 2.29. The first-order chi connectivity index (χ1) is 9.78. The molecule has 21 heavy (non-hydrogen) atoms. The summed E-state index contributed by atoms with van der Waals surface area (Å²) in [5.41, 5.74) is -0.780. The normalized spacial score (nSPS) is 22.0. The first-order valence-corrected chi connectivity index (χ1v) is 7.25. The number of carboxylic acid groups (broad SMARTS) is 1. The Kier molecular flexibility index (Phi) is 6.14. The Hall–Kier alpha value is -1.63. The fraction of sp³-hybridized carbons (Fsp3) is 0.786. The molecule has 1 aliphatic heterocycles. The van der Waals surface area contributed by atoms with E-state index in [9.17, 15) is 14.4 Å². The zero-order chi connectivity index (χ0) is 16.0. The maximum atomic E-state index is 12.0. The van der Waals surface area contributed by atoms with Gasteiger partial charge in [0.1, 0.15) is 0 Å². The summed E-state index contributed by atoms with van der Waals surface area (Å²) >= 11 is 0. The molecule has 1 aliphatic rings. The summed E-state index contributed by atoms with van der Waals surface area (Å²) in [6, 6.07) is 0. The Balaban J connectivity index is 2.40. The average molecular weight is 299 g/mol. The predicted octanol–water partition coefficient (Wildman–Crippen LogP) is -0.232. The molecule has 0 aromatic carbocycles. The van der Waals surface area contributed by atoms with Crippen LogP contribution in [0.25, 0.3) is 0 Å². The minimum absolute atomic E-state index is 0.0306. The van der Waals surface area contributed by atoms with Crippen molar-refractivity contribution in [3.8, 4) is 0 Å². The molecule has 7 heteroatoms. The summed E-state index contributed by atoms with van der Waals surface area (Å²) in [7, 11) is 1.58. The number of rotatable bonds is 7. The minimum atomic E-state index is -0.829. The third-order valence-corrected chi connectivity index (χ3v) is 3.81. The van der Waals surface area contributed by atoms with Crippen molar-refractivity contribution in [3.05, 3.63) is 0 Å². The zero-order valence-electron chi connectivity index (χ0n) is 13.0. The summed E-state index contributed by atoms with van der Waals surface area (Å²) in [4.78, 5) is 38.0. The van der Waals surface area contributed by atoms with Crippen molar-refractivity contribution in [2.24, 2.45) is 5.41 Å². The lowest BCUT2D eigenvalue weighted by Crippen LogP contribution is -2.43. The Morgan fingerprint density at radius 1 is 1.38 bits per heavy atom. The molecule has 0 spiro atoms. The largest absolute Gasteiger partial charge is 0.481 e. The van der Waals surface area contributed by atoms with Gasteiger partial charge in [-0.2, -0.15) is 0 Å². The Bertz CT molecular complexity index is 413. The number of likely N-dealkylation sites (N-methyl/N-ethyl adjacent to an activating group) is 1. The molecular weight excluding hydrogens is 274 g/mol. The lowest BCUT2D eigenvalue weighted by molar-refractivity contribution is -0.147. The summed E-state index contributed by atoms with van der Waals surface area (Å²) in [6.45, 7) is 5.39. The standard InChI is InChI=1S/C14H25N3O4/c1-4-6-15-11(18)8-16(3)12(19)9-17-7-5-14(2,10-17)13(20)21/h4-10H2,1-3H3,(H,15,18)(H,20,21). The van der Waals surface area contributed by atoms with Crippen molar-refractivity contribution >= 4 is 17.8 Å². The van der Waals surface area contributed by atoms with Crippen LogP contribution in [0.5, 0.6) is 0 Å². The molecule has 1 rings (SSSR count). The van der Waals surface area contributed by atoms with E-state index in [1.54, 1.807) is 14.0 Å². The zero-order valence-corrected chi connectivity index (χ0v) is 13.0. The molecule has 2 N–H and O–H groups in total. The number of nitrogens with zero attached hydrogens (tertiary/aromatic N) is 2. The Morgan fingerprint density at radius 2 is 2.05 bits per heavy atom. The van der Waals surface area contributed by atoms with Gasteiger partial charge >= 0.3 is 5.97 Å². The molecule has 0 aliphatic carbocycles. The molecular formula is C14H25N3O4. The monoisotopic (exact) mass is 299 g/mol. The molecule has 1 unspecified atom stereocenters. The maximum absolute atomic E-state index is 12.0. The van der Waals surface area contributed by atoms with Gasteiger partial charge in [0.05, 0.1) is 18.5 Å². The van der Waals surface area contributed by atoms with E-state index in [4.69, 9.17) is 5.11 Å². The molecule has 120 valence electrons. The van der Waals surface area contributed by atoms with Crippen molar-refractivity contribution in [1.29, 1.82) is 0 Å². The van der Waals surface area contributed by atoms with Gasteiger partial charge in [0, 0.05) is 20.1 Å². The molecule has 7 nitrogen and oxygen atoms in total. The van der Waals surface area contributed by atoms with Crippen molar-refractivity contribution in [1.82, 2.24) is 15.1 Å². The van der Waals surface area contributed by atoms with Gasteiger partial charge in [-0.05, 0) is 26.3 Å². The highest BCUT2D eigenvalue weighted by molar-refractivity contribution is 5.85. The van der Waals surface area contributed by atoms with Crippen LogP contribution in [0.4, 0.5) is 0 Å². The van der Waals surface area contributed by atoms with Crippen LogP contribution in [0.1, 0.15) is 26.7 Å². The number of carbonyl (C=O) groups excluding carboxylic acids is 2. The van der Waals surface area contributed by atoms with Crippen LogP contribution in [0.3, 0.4) is 0 Å². The van der Waals surface area contributed by atoms with Gasteiger partial charge in [-0.15, -0.1) is 0 Å². The molecule has 0 radical (unpaired) electrons. The molecule has 0 bridgehead atoms. The molecule has 0 aromatic rings.